The Bertz CT molecular complexity index is 885. The quantitative estimate of drug-likeness (QED) is 0.592. The van der Waals surface area contributed by atoms with Gasteiger partial charge in [-0.15, -0.1) is 11.3 Å². The number of hydrogen-bond acceptors (Lipinski definition) is 4. The molecule has 1 N–H and O–H groups in total. The number of benzene rings is 1. The Balaban J connectivity index is 0.00000128. The topological polar surface area (TPSA) is 55.1 Å². The molecule has 0 aliphatic rings. The monoisotopic (exact) mass is 420 g/mol. The van der Waals surface area contributed by atoms with Crippen LogP contribution in [0.1, 0.15) is 24.4 Å². The SMILES string of the molecule is CC.Cc1nc2c(s1)c(O)c(-c1ccccc1C)c(=O)n2C.[CH3-].[Y]. The van der Waals surface area contributed by atoms with Gasteiger partial charge in [-0.1, -0.05) is 38.1 Å². The summed E-state index contributed by atoms with van der Waals surface area (Å²) in [5, 5.41) is 11.3. The summed E-state index contributed by atoms with van der Waals surface area (Å²) in [5.41, 5.74) is 2.38. The average molecular weight is 420 g/mol. The summed E-state index contributed by atoms with van der Waals surface area (Å²) in [5.74, 6) is 0.0306. The van der Waals surface area contributed by atoms with Crippen molar-refractivity contribution in [3.05, 3.63) is 52.6 Å². The van der Waals surface area contributed by atoms with E-state index >= 15 is 0 Å². The summed E-state index contributed by atoms with van der Waals surface area (Å²) in [7, 11) is 1.69. The Hall–Kier alpha value is -1.04. The fraction of sp³-hybridized carbons (Fsp3) is 0.278. The minimum atomic E-state index is -0.227. The summed E-state index contributed by atoms with van der Waals surface area (Å²) < 4.78 is 2.16. The van der Waals surface area contributed by atoms with E-state index in [-0.39, 0.29) is 51.4 Å². The number of aromatic nitrogens is 2. The van der Waals surface area contributed by atoms with Crippen molar-refractivity contribution >= 4 is 21.7 Å². The first kappa shape index (κ1) is 23.0. The average Bonchev–Trinajstić information content (AvgIpc) is 2.91. The largest absolute Gasteiger partial charge is 0.505 e. The molecule has 6 heteroatoms. The molecule has 4 nitrogen and oxygen atoms in total. The van der Waals surface area contributed by atoms with E-state index in [0.29, 0.717) is 15.9 Å². The van der Waals surface area contributed by atoms with E-state index < -0.39 is 0 Å². The van der Waals surface area contributed by atoms with Gasteiger partial charge >= 0.3 is 0 Å². The van der Waals surface area contributed by atoms with Crippen molar-refractivity contribution in [2.45, 2.75) is 27.7 Å². The summed E-state index contributed by atoms with van der Waals surface area (Å²) in [6, 6.07) is 7.56. The number of rotatable bonds is 1. The third-order valence-corrected chi connectivity index (χ3v) is 4.39. The normalized spacial score (nSPS) is 9.54. The molecule has 3 aromatic rings. The van der Waals surface area contributed by atoms with Gasteiger partial charge in [0.15, 0.2) is 5.65 Å². The minimum Gasteiger partial charge on any atom is -0.505 e. The summed E-state index contributed by atoms with van der Waals surface area (Å²) >= 11 is 1.40. The second-order valence-electron chi connectivity index (χ2n) is 4.79. The van der Waals surface area contributed by atoms with Crippen LogP contribution in [0.5, 0.6) is 5.75 Å². The van der Waals surface area contributed by atoms with Gasteiger partial charge in [0.25, 0.3) is 5.56 Å². The molecule has 3 rings (SSSR count). The molecule has 0 atom stereocenters. The minimum absolute atomic E-state index is 0. The molecule has 0 saturated heterocycles. The van der Waals surface area contributed by atoms with Crippen LogP contribution in [0.4, 0.5) is 0 Å². The molecule has 127 valence electrons. The van der Waals surface area contributed by atoms with Gasteiger partial charge in [-0.2, -0.15) is 0 Å². The first-order valence-corrected chi connectivity index (χ1v) is 8.07. The van der Waals surface area contributed by atoms with E-state index in [2.05, 4.69) is 4.98 Å². The Labute approximate surface area is 172 Å². The number of thiazole rings is 1. The van der Waals surface area contributed by atoms with Crippen LogP contribution < -0.4 is 5.56 Å². The summed E-state index contributed by atoms with van der Waals surface area (Å²) in [6.45, 7) is 7.79. The number of nitrogens with zero attached hydrogens (tertiary/aromatic N) is 2. The van der Waals surface area contributed by atoms with Gasteiger partial charge in [0.1, 0.15) is 10.4 Å². The van der Waals surface area contributed by atoms with E-state index in [1.54, 1.807) is 7.05 Å². The van der Waals surface area contributed by atoms with Gasteiger partial charge in [-0.3, -0.25) is 9.36 Å². The van der Waals surface area contributed by atoms with Crippen molar-refractivity contribution in [2.75, 3.05) is 0 Å². The number of aryl methyl sites for hydroxylation is 3. The molecule has 0 aliphatic heterocycles. The fourth-order valence-electron chi connectivity index (χ4n) is 2.37. The van der Waals surface area contributed by atoms with Crippen LogP contribution in [0.2, 0.25) is 0 Å². The molecule has 0 aliphatic carbocycles. The van der Waals surface area contributed by atoms with Crippen molar-refractivity contribution in [1.29, 1.82) is 0 Å². The van der Waals surface area contributed by atoms with Gasteiger partial charge < -0.3 is 12.5 Å². The Morgan fingerprint density at radius 1 is 1.17 bits per heavy atom. The maximum Gasteiger partial charge on any atom is 0.263 e. The van der Waals surface area contributed by atoms with Gasteiger partial charge in [0.05, 0.1) is 10.6 Å². The summed E-state index contributed by atoms with van der Waals surface area (Å²) in [6.07, 6.45) is 0. The van der Waals surface area contributed by atoms with E-state index in [1.807, 2.05) is 52.0 Å². The molecule has 1 aromatic carbocycles. The first-order chi connectivity index (χ1) is 10.5. The van der Waals surface area contributed by atoms with E-state index in [1.165, 1.54) is 15.9 Å². The molecular weight excluding hydrogens is 397 g/mol. The van der Waals surface area contributed by atoms with Gasteiger partial charge in [-0.25, -0.2) is 4.98 Å². The molecule has 0 bridgehead atoms. The molecule has 0 saturated carbocycles. The summed E-state index contributed by atoms with van der Waals surface area (Å²) in [4.78, 5) is 16.8. The molecule has 0 amide bonds. The standard InChI is InChI=1S/C15H14N2O2S.C2H6.CH3.Y/c1-8-6-4-5-7-10(8)11-12(18)13-14(16-9(2)20-13)17(3)15(11)19;1-2;;/h4-7,18H,1-3H3;1-2H3;1H3;/q;;-1;. The molecule has 0 spiro atoms. The molecule has 24 heavy (non-hydrogen) atoms. The predicted octanol–water partition coefficient (Wildman–Crippen LogP) is 4.46. The van der Waals surface area contributed by atoms with E-state index in [9.17, 15) is 9.90 Å². The van der Waals surface area contributed by atoms with Crippen LogP contribution in [0.15, 0.2) is 29.1 Å². The van der Waals surface area contributed by atoms with Crippen LogP contribution in [0.25, 0.3) is 21.5 Å². The number of fused-ring (bicyclic) bond motifs is 1. The van der Waals surface area contributed by atoms with Gasteiger partial charge in [-0.05, 0) is 25.0 Å². The van der Waals surface area contributed by atoms with Crippen molar-refractivity contribution in [1.82, 2.24) is 9.55 Å². The van der Waals surface area contributed by atoms with Gasteiger partial charge in [0, 0.05) is 39.8 Å². The van der Waals surface area contributed by atoms with Gasteiger partial charge in [0.2, 0.25) is 0 Å². The van der Waals surface area contributed by atoms with Crippen molar-refractivity contribution in [3.8, 4) is 16.9 Å². The molecule has 2 heterocycles. The Morgan fingerprint density at radius 2 is 1.75 bits per heavy atom. The fourth-order valence-corrected chi connectivity index (χ4v) is 3.27. The zero-order chi connectivity index (χ0) is 16.4. The maximum absolute atomic E-state index is 12.5. The number of pyridine rings is 1. The van der Waals surface area contributed by atoms with Crippen LogP contribution in [-0.4, -0.2) is 14.7 Å². The third kappa shape index (κ3) is 3.95. The zero-order valence-corrected chi connectivity index (χ0v) is 18.7. The van der Waals surface area contributed by atoms with Crippen molar-refractivity contribution in [3.63, 3.8) is 0 Å². The second-order valence-corrected chi connectivity index (χ2v) is 5.99. The van der Waals surface area contributed by atoms with Crippen molar-refractivity contribution in [2.24, 2.45) is 7.05 Å². The molecular formula is C18H23N2O2SY-. The maximum atomic E-state index is 12.5. The van der Waals surface area contributed by atoms with Crippen molar-refractivity contribution < 1.29 is 37.8 Å². The van der Waals surface area contributed by atoms with E-state index in [4.69, 9.17) is 0 Å². The molecule has 1 radical (unpaired) electrons. The molecule has 2 aromatic heterocycles. The Morgan fingerprint density at radius 3 is 2.33 bits per heavy atom. The number of aromatic hydroxyl groups is 1. The van der Waals surface area contributed by atoms with Crippen LogP contribution in [0.3, 0.4) is 0 Å². The van der Waals surface area contributed by atoms with E-state index in [0.717, 1.165) is 16.1 Å². The van der Waals surface area contributed by atoms with Crippen LogP contribution in [0, 0.1) is 21.3 Å². The van der Waals surface area contributed by atoms with Crippen LogP contribution >= 0.6 is 11.3 Å². The predicted molar refractivity (Wildman–Crippen MR) is 99.2 cm³/mol. The first-order valence-electron chi connectivity index (χ1n) is 7.25. The molecule has 0 fully saturated rings. The zero-order valence-electron chi connectivity index (χ0n) is 15.0. The Kier molecular flexibility index (Phi) is 9.04. The number of hydrogen-bond donors (Lipinski definition) is 1. The smallest absolute Gasteiger partial charge is 0.263 e. The third-order valence-electron chi connectivity index (χ3n) is 3.42. The van der Waals surface area contributed by atoms with Crippen LogP contribution in [-0.2, 0) is 39.8 Å². The second kappa shape index (κ2) is 9.45. The molecule has 0 unspecified atom stereocenters.